The Hall–Kier alpha value is -1.84. The van der Waals surface area contributed by atoms with Crippen molar-refractivity contribution in [3.63, 3.8) is 0 Å². The van der Waals surface area contributed by atoms with E-state index in [-0.39, 0.29) is 0 Å². The predicted octanol–water partition coefficient (Wildman–Crippen LogP) is 2.69. The summed E-state index contributed by atoms with van der Waals surface area (Å²) in [6.45, 7) is 5.31. The predicted molar refractivity (Wildman–Crippen MR) is 76.2 cm³/mol. The van der Waals surface area contributed by atoms with Gasteiger partial charge in [0.2, 0.25) is 0 Å². The van der Waals surface area contributed by atoms with Crippen LogP contribution in [0.3, 0.4) is 0 Å². The second-order valence-electron chi connectivity index (χ2n) is 5.53. The molecular formula is C15H20N4. The first-order chi connectivity index (χ1) is 9.24. The summed E-state index contributed by atoms with van der Waals surface area (Å²) in [6, 6.07) is 8.94. The molecule has 0 fully saturated rings. The lowest BCUT2D eigenvalue weighted by Crippen LogP contribution is -2.26. The number of nitrogens with zero attached hydrogens (tertiary/aromatic N) is 3. The highest BCUT2D eigenvalue weighted by Crippen LogP contribution is 2.26. The lowest BCUT2D eigenvalue weighted by Gasteiger charge is -2.26. The van der Waals surface area contributed by atoms with Crippen molar-refractivity contribution in [3.8, 4) is 0 Å². The summed E-state index contributed by atoms with van der Waals surface area (Å²) in [7, 11) is 0. The van der Waals surface area contributed by atoms with Crippen molar-refractivity contribution >= 4 is 5.69 Å². The molecule has 19 heavy (non-hydrogen) atoms. The van der Waals surface area contributed by atoms with E-state index in [1.54, 1.807) is 6.33 Å². The molecule has 2 aromatic rings. The van der Waals surface area contributed by atoms with E-state index in [9.17, 15) is 0 Å². The number of hydrogen-bond donors (Lipinski definition) is 1. The molecule has 100 valence electrons. The standard InChI is InChI=1S/C15H20N4/c1-11(2)19-15(17-10-18-19)8-12-7-13-5-3-4-6-14(13)16-9-12/h3-6,10-12,16H,7-9H2,1-2H3. The minimum absolute atomic E-state index is 0.376. The minimum atomic E-state index is 0.376. The smallest absolute Gasteiger partial charge is 0.138 e. The van der Waals surface area contributed by atoms with E-state index >= 15 is 0 Å². The zero-order valence-electron chi connectivity index (χ0n) is 11.5. The largest absolute Gasteiger partial charge is 0.385 e. The number of nitrogens with one attached hydrogen (secondary N) is 1. The highest BCUT2D eigenvalue weighted by molar-refractivity contribution is 5.53. The molecule has 0 radical (unpaired) electrons. The molecule has 1 aliphatic heterocycles. The third kappa shape index (κ3) is 2.48. The zero-order chi connectivity index (χ0) is 13.2. The monoisotopic (exact) mass is 256 g/mol. The Kier molecular flexibility index (Phi) is 3.23. The van der Waals surface area contributed by atoms with Gasteiger partial charge in [-0.3, -0.25) is 0 Å². The summed E-state index contributed by atoms with van der Waals surface area (Å²) in [5, 5.41) is 7.83. The molecule has 1 aromatic heterocycles. The fourth-order valence-electron chi connectivity index (χ4n) is 2.76. The maximum Gasteiger partial charge on any atom is 0.138 e. The molecule has 1 aliphatic rings. The first-order valence-electron chi connectivity index (χ1n) is 6.94. The van der Waals surface area contributed by atoms with E-state index in [0.717, 1.165) is 25.2 Å². The number of anilines is 1. The molecular weight excluding hydrogens is 236 g/mol. The Balaban J connectivity index is 1.74. The van der Waals surface area contributed by atoms with Gasteiger partial charge in [0.1, 0.15) is 12.2 Å². The Bertz CT molecular complexity index is 559. The van der Waals surface area contributed by atoms with Gasteiger partial charge in [0.25, 0.3) is 0 Å². The van der Waals surface area contributed by atoms with Crippen LogP contribution in [0.25, 0.3) is 0 Å². The summed E-state index contributed by atoms with van der Waals surface area (Å²) in [4.78, 5) is 4.41. The van der Waals surface area contributed by atoms with Crippen molar-refractivity contribution in [1.82, 2.24) is 14.8 Å². The van der Waals surface area contributed by atoms with Gasteiger partial charge in [-0.15, -0.1) is 0 Å². The minimum Gasteiger partial charge on any atom is -0.385 e. The number of hydrogen-bond acceptors (Lipinski definition) is 3. The lowest BCUT2D eigenvalue weighted by atomic mass is 9.91. The Morgan fingerprint density at radius 2 is 2.21 bits per heavy atom. The molecule has 4 nitrogen and oxygen atoms in total. The average molecular weight is 256 g/mol. The van der Waals surface area contributed by atoms with Crippen molar-refractivity contribution in [1.29, 1.82) is 0 Å². The highest BCUT2D eigenvalue weighted by Gasteiger charge is 2.20. The molecule has 0 amide bonds. The molecule has 1 unspecified atom stereocenters. The second-order valence-corrected chi connectivity index (χ2v) is 5.53. The van der Waals surface area contributed by atoms with Crippen LogP contribution >= 0.6 is 0 Å². The van der Waals surface area contributed by atoms with Crippen LogP contribution in [0.1, 0.15) is 31.3 Å². The number of para-hydroxylation sites is 1. The van der Waals surface area contributed by atoms with Crippen LogP contribution in [0.15, 0.2) is 30.6 Å². The number of aromatic nitrogens is 3. The second kappa shape index (κ2) is 5.03. The lowest BCUT2D eigenvalue weighted by molar-refractivity contribution is 0.458. The van der Waals surface area contributed by atoms with E-state index in [0.29, 0.717) is 12.0 Å². The van der Waals surface area contributed by atoms with E-state index in [2.05, 4.69) is 53.5 Å². The third-order valence-electron chi connectivity index (χ3n) is 3.71. The van der Waals surface area contributed by atoms with Crippen LogP contribution in [0.4, 0.5) is 5.69 Å². The van der Waals surface area contributed by atoms with Crippen molar-refractivity contribution in [2.24, 2.45) is 5.92 Å². The van der Waals surface area contributed by atoms with Crippen LogP contribution in [0.5, 0.6) is 0 Å². The fraction of sp³-hybridized carbons (Fsp3) is 0.467. The summed E-state index contributed by atoms with van der Waals surface area (Å²) < 4.78 is 2.03. The van der Waals surface area contributed by atoms with Gasteiger partial charge in [-0.2, -0.15) is 5.10 Å². The summed E-state index contributed by atoms with van der Waals surface area (Å²) in [5.74, 6) is 1.69. The van der Waals surface area contributed by atoms with Gasteiger partial charge in [0, 0.05) is 24.7 Å². The molecule has 0 spiro atoms. The molecule has 2 heterocycles. The topological polar surface area (TPSA) is 42.7 Å². The summed E-state index contributed by atoms with van der Waals surface area (Å²) >= 11 is 0. The zero-order valence-corrected chi connectivity index (χ0v) is 11.5. The van der Waals surface area contributed by atoms with Crippen LogP contribution in [0.2, 0.25) is 0 Å². The van der Waals surface area contributed by atoms with Gasteiger partial charge in [0.05, 0.1) is 0 Å². The van der Waals surface area contributed by atoms with Crippen LogP contribution in [-0.2, 0) is 12.8 Å². The molecule has 0 aliphatic carbocycles. The van der Waals surface area contributed by atoms with Crippen molar-refractivity contribution in [3.05, 3.63) is 42.0 Å². The summed E-state index contributed by atoms with van der Waals surface area (Å²) in [5.41, 5.74) is 2.69. The maximum absolute atomic E-state index is 4.41. The average Bonchev–Trinajstić information content (AvgIpc) is 2.87. The van der Waals surface area contributed by atoms with Crippen LogP contribution in [-0.4, -0.2) is 21.3 Å². The Morgan fingerprint density at radius 3 is 3.05 bits per heavy atom. The number of rotatable bonds is 3. The van der Waals surface area contributed by atoms with Crippen LogP contribution in [0, 0.1) is 5.92 Å². The molecule has 0 saturated carbocycles. The SMILES string of the molecule is CC(C)n1ncnc1CC1CNc2ccccc2C1. The molecule has 1 aromatic carbocycles. The van der Waals surface area contributed by atoms with Crippen molar-refractivity contribution < 1.29 is 0 Å². The maximum atomic E-state index is 4.41. The van der Waals surface area contributed by atoms with Gasteiger partial charge in [0.15, 0.2) is 0 Å². The molecule has 1 N–H and O–H groups in total. The first-order valence-corrected chi connectivity index (χ1v) is 6.94. The molecule has 0 saturated heterocycles. The fourth-order valence-corrected chi connectivity index (χ4v) is 2.76. The van der Waals surface area contributed by atoms with E-state index in [4.69, 9.17) is 0 Å². The molecule has 3 rings (SSSR count). The Morgan fingerprint density at radius 1 is 1.37 bits per heavy atom. The molecule has 1 atom stereocenters. The number of benzene rings is 1. The quantitative estimate of drug-likeness (QED) is 0.918. The van der Waals surface area contributed by atoms with Crippen molar-refractivity contribution in [2.45, 2.75) is 32.7 Å². The van der Waals surface area contributed by atoms with E-state index < -0.39 is 0 Å². The highest BCUT2D eigenvalue weighted by atomic mass is 15.3. The van der Waals surface area contributed by atoms with Gasteiger partial charge < -0.3 is 5.32 Å². The first kappa shape index (κ1) is 12.2. The van der Waals surface area contributed by atoms with Crippen molar-refractivity contribution in [2.75, 3.05) is 11.9 Å². The van der Waals surface area contributed by atoms with Gasteiger partial charge in [-0.1, -0.05) is 18.2 Å². The summed E-state index contributed by atoms with van der Waals surface area (Å²) in [6.07, 6.45) is 3.77. The van der Waals surface area contributed by atoms with Gasteiger partial charge in [-0.25, -0.2) is 9.67 Å². The normalized spacial score (nSPS) is 18.2. The van der Waals surface area contributed by atoms with Gasteiger partial charge in [-0.05, 0) is 37.8 Å². The van der Waals surface area contributed by atoms with E-state index in [1.807, 2.05) is 4.68 Å². The van der Waals surface area contributed by atoms with E-state index in [1.165, 1.54) is 11.3 Å². The van der Waals surface area contributed by atoms with Crippen LogP contribution < -0.4 is 5.32 Å². The third-order valence-corrected chi connectivity index (χ3v) is 3.71. The molecule has 0 bridgehead atoms. The molecule has 4 heteroatoms. The van der Waals surface area contributed by atoms with Gasteiger partial charge >= 0.3 is 0 Å². The Labute approximate surface area is 113 Å². The number of fused-ring (bicyclic) bond motifs is 1.